The minimum absolute atomic E-state index is 0.330. The molecule has 0 saturated heterocycles. The fourth-order valence-electron chi connectivity index (χ4n) is 1.45. The SMILES string of the molecule is CC(C)NCCNc1ccc2n[nH]c(=O)n2n1. The Labute approximate surface area is 98.2 Å². The molecule has 0 spiro atoms. The molecule has 7 heteroatoms. The maximum Gasteiger partial charge on any atom is 0.364 e. The molecule has 92 valence electrons. The largest absolute Gasteiger partial charge is 0.367 e. The predicted octanol–water partition coefficient (Wildman–Crippen LogP) is -0.172. The van der Waals surface area contributed by atoms with E-state index in [1.54, 1.807) is 12.1 Å². The highest BCUT2D eigenvalue weighted by Crippen LogP contribution is 2.01. The third-order valence-corrected chi connectivity index (χ3v) is 2.26. The van der Waals surface area contributed by atoms with Crippen LogP contribution in [0.4, 0.5) is 5.82 Å². The zero-order valence-electron chi connectivity index (χ0n) is 9.90. The average molecular weight is 236 g/mol. The van der Waals surface area contributed by atoms with Gasteiger partial charge in [0.25, 0.3) is 0 Å². The van der Waals surface area contributed by atoms with Crippen molar-refractivity contribution in [3.63, 3.8) is 0 Å². The van der Waals surface area contributed by atoms with Crippen LogP contribution >= 0.6 is 0 Å². The van der Waals surface area contributed by atoms with Gasteiger partial charge >= 0.3 is 5.69 Å². The Bertz CT molecular complexity index is 543. The Morgan fingerprint density at radius 3 is 3.00 bits per heavy atom. The number of aromatic amines is 1. The Kier molecular flexibility index (Phi) is 3.38. The predicted molar refractivity (Wildman–Crippen MR) is 65.2 cm³/mol. The molecule has 0 bridgehead atoms. The first-order valence-electron chi connectivity index (χ1n) is 5.58. The fraction of sp³-hybridized carbons (Fsp3) is 0.500. The Morgan fingerprint density at radius 2 is 2.24 bits per heavy atom. The highest BCUT2D eigenvalue weighted by atomic mass is 16.2. The van der Waals surface area contributed by atoms with Crippen LogP contribution in [0.5, 0.6) is 0 Å². The van der Waals surface area contributed by atoms with Gasteiger partial charge in [0.2, 0.25) is 0 Å². The number of hydrogen-bond donors (Lipinski definition) is 3. The molecule has 0 aromatic carbocycles. The summed E-state index contributed by atoms with van der Waals surface area (Å²) in [6.45, 7) is 5.78. The van der Waals surface area contributed by atoms with Crippen molar-refractivity contribution >= 4 is 11.5 Å². The number of fused-ring (bicyclic) bond motifs is 1. The van der Waals surface area contributed by atoms with Crippen molar-refractivity contribution < 1.29 is 0 Å². The number of anilines is 1. The molecule has 0 saturated carbocycles. The second-order valence-electron chi connectivity index (χ2n) is 4.05. The summed E-state index contributed by atoms with van der Waals surface area (Å²) in [7, 11) is 0. The lowest BCUT2D eigenvalue weighted by Crippen LogP contribution is -2.28. The van der Waals surface area contributed by atoms with Crippen LogP contribution in [-0.2, 0) is 0 Å². The van der Waals surface area contributed by atoms with Gasteiger partial charge in [-0.3, -0.25) is 0 Å². The smallest absolute Gasteiger partial charge is 0.364 e. The normalized spacial score (nSPS) is 11.2. The van der Waals surface area contributed by atoms with E-state index in [1.165, 1.54) is 4.52 Å². The van der Waals surface area contributed by atoms with Crippen molar-refractivity contribution in [3.8, 4) is 0 Å². The van der Waals surface area contributed by atoms with Crippen LogP contribution in [0, 0.1) is 0 Å². The van der Waals surface area contributed by atoms with Crippen molar-refractivity contribution in [1.82, 2.24) is 25.1 Å². The van der Waals surface area contributed by atoms with E-state index in [2.05, 4.69) is 39.8 Å². The van der Waals surface area contributed by atoms with E-state index >= 15 is 0 Å². The highest BCUT2D eigenvalue weighted by molar-refractivity contribution is 5.42. The van der Waals surface area contributed by atoms with Crippen LogP contribution in [0.3, 0.4) is 0 Å². The summed E-state index contributed by atoms with van der Waals surface area (Å²) < 4.78 is 1.23. The highest BCUT2D eigenvalue weighted by Gasteiger charge is 2.01. The number of nitrogens with zero attached hydrogens (tertiary/aromatic N) is 3. The van der Waals surface area contributed by atoms with Crippen LogP contribution in [0.1, 0.15) is 13.8 Å². The molecule has 0 radical (unpaired) electrons. The molecule has 0 aliphatic rings. The first-order chi connectivity index (χ1) is 8.16. The molecule has 3 N–H and O–H groups in total. The van der Waals surface area contributed by atoms with E-state index in [1.807, 2.05) is 0 Å². The molecule has 0 aliphatic heterocycles. The monoisotopic (exact) mass is 236 g/mol. The Morgan fingerprint density at radius 1 is 1.41 bits per heavy atom. The van der Waals surface area contributed by atoms with Crippen LogP contribution in [0.25, 0.3) is 5.65 Å². The molecule has 2 aromatic rings. The van der Waals surface area contributed by atoms with Crippen LogP contribution in [0.15, 0.2) is 16.9 Å². The summed E-state index contributed by atoms with van der Waals surface area (Å²) in [4.78, 5) is 11.3. The van der Waals surface area contributed by atoms with Gasteiger partial charge < -0.3 is 10.6 Å². The third-order valence-electron chi connectivity index (χ3n) is 2.26. The van der Waals surface area contributed by atoms with Crippen LogP contribution in [-0.4, -0.2) is 38.9 Å². The summed E-state index contributed by atoms with van der Waals surface area (Å²) in [5.74, 6) is 0.659. The minimum atomic E-state index is -0.330. The maximum absolute atomic E-state index is 11.3. The topological polar surface area (TPSA) is 87.1 Å². The number of nitrogens with one attached hydrogen (secondary N) is 3. The minimum Gasteiger partial charge on any atom is -0.367 e. The quantitative estimate of drug-likeness (QED) is 0.627. The van der Waals surface area contributed by atoms with Gasteiger partial charge in [0.15, 0.2) is 5.65 Å². The average Bonchev–Trinajstić information content (AvgIpc) is 2.66. The fourth-order valence-corrected chi connectivity index (χ4v) is 1.45. The van der Waals surface area contributed by atoms with Crippen molar-refractivity contribution in [1.29, 1.82) is 0 Å². The molecule has 0 fully saturated rings. The van der Waals surface area contributed by atoms with Gasteiger partial charge in [0.1, 0.15) is 5.82 Å². The first kappa shape index (κ1) is 11.6. The third kappa shape index (κ3) is 2.82. The van der Waals surface area contributed by atoms with E-state index in [0.29, 0.717) is 17.5 Å². The van der Waals surface area contributed by atoms with E-state index in [4.69, 9.17) is 0 Å². The van der Waals surface area contributed by atoms with Gasteiger partial charge in [0, 0.05) is 19.1 Å². The molecule has 7 nitrogen and oxygen atoms in total. The molecule has 0 amide bonds. The molecule has 0 atom stereocenters. The second kappa shape index (κ2) is 4.96. The molecule has 0 aliphatic carbocycles. The Balaban J connectivity index is 1.99. The summed E-state index contributed by atoms with van der Waals surface area (Å²) in [6.07, 6.45) is 0. The van der Waals surface area contributed by atoms with Gasteiger partial charge in [-0.05, 0) is 12.1 Å². The van der Waals surface area contributed by atoms with E-state index < -0.39 is 0 Å². The lowest BCUT2D eigenvalue weighted by Gasteiger charge is -2.09. The second-order valence-corrected chi connectivity index (χ2v) is 4.05. The number of hydrogen-bond acceptors (Lipinski definition) is 5. The molecular formula is C10H16N6O. The van der Waals surface area contributed by atoms with E-state index in [9.17, 15) is 4.79 Å². The van der Waals surface area contributed by atoms with E-state index in [0.717, 1.165) is 13.1 Å². The first-order valence-corrected chi connectivity index (χ1v) is 5.58. The molecule has 0 unspecified atom stereocenters. The molecule has 17 heavy (non-hydrogen) atoms. The summed E-state index contributed by atoms with van der Waals surface area (Å²) in [6, 6.07) is 4.00. The van der Waals surface area contributed by atoms with E-state index in [-0.39, 0.29) is 5.69 Å². The zero-order valence-corrected chi connectivity index (χ0v) is 9.90. The maximum atomic E-state index is 11.3. The van der Waals surface area contributed by atoms with Crippen molar-refractivity contribution in [3.05, 3.63) is 22.6 Å². The van der Waals surface area contributed by atoms with Gasteiger partial charge in [-0.25, -0.2) is 9.89 Å². The van der Waals surface area contributed by atoms with Gasteiger partial charge in [0.05, 0.1) is 0 Å². The summed E-state index contributed by atoms with van der Waals surface area (Å²) in [5, 5.41) is 16.7. The van der Waals surface area contributed by atoms with Crippen LogP contribution in [0.2, 0.25) is 0 Å². The number of H-pyrrole nitrogens is 1. The van der Waals surface area contributed by atoms with Crippen molar-refractivity contribution in [2.45, 2.75) is 19.9 Å². The van der Waals surface area contributed by atoms with Crippen molar-refractivity contribution in [2.24, 2.45) is 0 Å². The molecule has 2 rings (SSSR count). The molecule has 2 heterocycles. The van der Waals surface area contributed by atoms with Gasteiger partial charge in [-0.15, -0.1) is 5.10 Å². The Hall–Kier alpha value is -1.89. The summed E-state index contributed by atoms with van der Waals surface area (Å²) in [5.41, 5.74) is 0.185. The van der Waals surface area contributed by atoms with Crippen LogP contribution < -0.4 is 16.3 Å². The van der Waals surface area contributed by atoms with Gasteiger partial charge in [-0.2, -0.15) is 9.61 Å². The molecule has 2 aromatic heterocycles. The number of aromatic nitrogens is 4. The zero-order chi connectivity index (χ0) is 12.3. The molecular weight excluding hydrogens is 220 g/mol. The standard InChI is InChI=1S/C10H16N6O/c1-7(2)11-5-6-12-8-3-4-9-13-14-10(17)16(9)15-8/h3-4,7,11H,5-6H2,1-2H3,(H,12,15)(H,14,17). The number of rotatable bonds is 5. The lowest BCUT2D eigenvalue weighted by molar-refractivity contribution is 0.601. The van der Waals surface area contributed by atoms with Crippen molar-refractivity contribution in [2.75, 3.05) is 18.4 Å². The van der Waals surface area contributed by atoms with Gasteiger partial charge in [-0.1, -0.05) is 13.8 Å². The lowest BCUT2D eigenvalue weighted by atomic mass is 10.4. The summed E-state index contributed by atoms with van der Waals surface area (Å²) >= 11 is 0.